The van der Waals surface area contributed by atoms with Crippen molar-refractivity contribution in [2.75, 3.05) is 13.1 Å². The van der Waals surface area contributed by atoms with Gasteiger partial charge in [-0.25, -0.2) is 9.48 Å². The number of benzene rings is 1. The van der Waals surface area contributed by atoms with Crippen molar-refractivity contribution in [3.8, 4) is 5.69 Å². The molecule has 0 saturated carbocycles. The molecule has 1 aromatic carbocycles. The van der Waals surface area contributed by atoms with Crippen LogP contribution in [0.15, 0.2) is 36.4 Å². The number of hydrogen-bond donors (Lipinski definition) is 1. The molecule has 7 nitrogen and oxygen atoms in total. The molecule has 0 aliphatic carbocycles. The zero-order valence-corrected chi connectivity index (χ0v) is 18.5. The molecule has 3 rings (SSSR count). The minimum Gasteiger partial charge on any atom is -0.444 e. The summed E-state index contributed by atoms with van der Waals surface area (Å²) < 4.78 is 7.07. The number of likely N-dealkylation sites (tertiary alicyclic amines) is 1. The number of amides is 2. The van der Waals surface area contributed by atoms with Crippen LogP contribution in [0, 0.1) is 0 Å². The number of nitrogens with zero attached hydrogens (tertiary/aromatic N) is 3. The molecule has 2 amide bonds. The number of ether oxygens (including phenoxy) is 1. The molecule has 0 radical (unpaired) electrons. The van der Waals surface area contributed by atoms with Crippen molar-refractivity contribution < 1.29 is 14.3 Å². The zero-order chi connectivity index (χ0) is 21.9. The minimum absolute atomic E-state index is 0.00848. The van der Waals surface area contributed by atoms with E-state index in [0.29, 0.717) is 31.6 Å². The Hall–Kier alpha value is -2.83. The van der Waals surface area contributed by atoms with E-state index in [-0.39, 0.29) is 17.9 Å². The van der Waals surface area contributed by atoms with Gasteiger partial charge in [-0.05, 0) is 57.7 Å². The van der Waals surface area contributed by atoms with Crippen LogP contribution in [-0.4, -0.2) is 51.4 Å². The maximum absolute atomic E-state index is 13.3. The Balaban J connectivity index is 1.69. The lowest BCUT2D eigenvalue weighted by Gasteiger charge is -2.32. The van der Waals surface area contributed by atoms with Crippen LogP contribution >= 0.6 is 0 Å². The largest absolute Gasteiger partial charge is 0.444 e. The van der Waals surface area contributed by atoms with Crippen LogP contribution in [0.5, 0.6) is 0 Å². The number of aromatic nitrogens is 2. The van der Waals surface area contributed by atoms with Crippen molar-refractivity contribution in [2.45, 2.75) is 65.0 Å². The molecule has 7 heteroatoms. The van der Waals surface area contributed by atoms with E-state index >= 15 is 0 Å². The van der Waals surface area contributed by atoms with E-state index < -0.39 is 11.7 Å². The number of piperidine rings is 1. The summed E-state index contributed by atoms with van der Waals surface area (Å²) >= 11 is 0. The van der Waals surface area contributed by atoms with Gasteiger partial charge in [0.2, 0.25) is 0 Å². The van der Waals surface area contributed by atoms with Crippen LogP contribution < -0.4 is 5.32 Å². The van der Waals surface area contributed by atoms with E-state index in [0.717, 1.165) is 11.4 Å². The molecule has 1 fully saturated rings. The van der Waals surface area contributed by atoms with Crippen molar-refractivity contribution in [1.29, 1.82) is 0 Å². The molecule has 1 aliphatic rings. The summed E-state index contributed by atoms with van der Waals surface area (Å²) in [5.41, 5.74) is 1.81. The highest BCUT2D eigenvalue weighted by atomic mass is 16.6. The van der Waals surface area contributed by atoms with Gasteiger partial charge in [0.25, 0.3) is 5.91 Å². The number of rotatable bonds is 4. The first-order valence-electron chi connectivity index (χ1n) is 10.6. The Morgan fingerprint density at radius 1 is 1.13 bits per heavy atom. The lowest BCUT2D eigenvalue weighted by atomic mass is 10.0. The maximum atomic E-state index is 13.3. The van der Waals surface area contributed by atoms with Crippen molar-refractivity contribution in [3.63, 3.8) is 0 Å². The Bertz CT molecular complexity index is 876. The highest BCUT2D eigenvalue weighted by Crippen LogP contribution is 2.21. The molecule has 1 saturated heterocycles. The van der Waals surface area contributed by atoms with Crippen LogP contribution in [0.2, 0.25) is 0 Å². The van der Waals surface area contributed by atoms with Crippen LogP contribution in [0.1, 0.15) is 69.6 Å². The molecule has 1 N–H and O–H groups in total. The first-order chi connectivity index (χ1) is 14.1. The summed E-state index contributed by atoms with van der Waals surface area (Å²) in [6.45, 7) is 10.8. The quantitative estimate of drug-likeness (QED) is 0.819. The fourth-order valence-corrected chi connectivity index (χ4v) is 3.46. The summed E-state index contributed by atoms with van der Waals surface area (Å²) in [5, 5.41) is 7.59. The number of para-hydroxylation sites is 1. The molecular weight excluding hydrogens is 380 g/mol. The second-order valence-corrected chi connectivity index (χ2v) is 9.07. The molecular formula is C23H32N4O3. The maximum Gasteiger partial charge on any atom is 0.407 e. The average Bonchev–Trinajstić information content (AvgIpc) is 3.13. The van der Waals surface area contributed by atoms with Gasteiger partial charge in [0, 0.05) is 19.1 Å². The number of carbonyl (C=O) groups excluding carboxylic acids is 2. The number of alkyl carbamates (subject to hydrolysis) is 1. The zero-order valence-electron chi connectivity index (χ0n) is 18.5. The van der Waals surface area contributed by atoms with Crippen LogP contribution in [-0.2, 0) is 4.74 Å². The molecule has 30 heavy (non-hydrogen) atoms. The van der Waals surface area contributed by atoms with Gasteiger partial charge in [0.15, 0.2) is 0 Å². The van der Waals surface area contributed by atoms with Crippen LogP contribution in [0.3, 0.4) is 0 Å². The summed E-state index contributed by atoms with van der Waals surface area (Å²) in [5.74, 6) is 0.194. The molecule has 0 bridgehead atoms. The highest BCUT2D eigenvalue weighted by Gasteiger charge is 2.28. The molecule has 2 heterocycles. The molecule has 0 unspecified atom stereocenters. The SMILES string of the molecule is CC(C)c1cc(C(=O)N2CCC(NC(=O)OC(C)(C)C)CC2)n(-c2ccccc2)n1. The Kier molecular flexibility index (Phi) is 6.48. The Morgan fingerprint density at radius 3 is 2.33 bits per heavy atom. The number of carbonyl (C=O) groups is 2. The van der Waals surface area contributed by atoms with Crippen molar-refractivity contribution in [3.05, 3.63) is 47.8 Å². The van der Waals surface area contributed by atoms with Gasteiger partial charge in [0.1, 0.15) is 11.3 Å². The fraction of sp³-hybridized carbons (Fsp3) is 0.522. The van der Waals surface area contributed by atoms with Crippen molar-refractivity contribution in [2.24, 2.45) is 0 Å². The Labute approximate surface area is 178 Å². The Morgan fingerprint density at radius 2 is 1.77 bits per heavy atom. The van der Waals surface area contributed by atoms with E-state index in [1.165, 1.54) is 0 Å². The third-order valence-corrected chi connectivity index (χ3v) is 5.04. The third kappa shape index (κ3) is 5.40. The first kappa shape index (κ1) is 21.9. The van der Waals surface area contributed by atoms with Crippen LogP contribution in [0.4, 0.5) is 4.79 Å². The number of nitrogens with one attached hydrogen (secondary N) is 1. The predicted octanol–water partition coefficient (Wildman–Crippen LogP) is 4.13. The third-order valence-electron chi connectivity index (χ3n) is 5.04. The highest BCUT2D eigenvalue weighted by molar-refractivity contribution is 5.93. The van der Waals surface area contributed by atoms with Crippen molar-refractivity contribution >= 4 is 12.0 Å². The molecule has 1 aromatic heterocycles. The monoisotopic (exact) mass is 412 g/mol. The smallest absolute Gasteiger partial charge is 0.407 e. The molecule has 2 aromatic rings. The molecule has 0 atom stereocenters. The molecule has 162 valence electrons. The van der Waals surface area contributed by atoms with Gasteiger partial charge in [-0.2, -0.15) is 5.10 Å². The van der Waals surface area contributed by atoms with E-state index in [2.05, 4.69) is 24.3 Å². The van der Waals surface area contributed by atoms with E-state index in [9.17, 15) is 9.59 Å². The summed E-state index contributed by atoms with van der Waals surface area (Å²) in [7, 11) is 0. The minimum atomic E-state index is -0.523. The van der Waals surface area contributed by atoms with E-state index in [1.54, 1.807) is 4.68 Å². The predicted molar refractivity (Wildman–Crippen MR) is 116 cm³/mol. The first-order valence-corrected chi connectivity index (χ1v) is 10.6. The van der Waals surface area contributed by atoms with Crippen molar-refractivity contribution in [1.82, 2.24) is 20.0 Å². The fourth-order valence-electron chi connectivity index (χ4n) is 3.46. The summed E-state index contributed by atoms with van der Waals surface area (Å²) in [4.78, 5) is 27.1. The second-order valence-electron chi connectivity index (χ2n) is 9.07. The van der Waals surface area contributed by atoms with Gasteiger partial charge in [-0.15, -0.1) is 0 Å². The molecule has 0 spiro atoms. The second kappa shape index (κ2) is 8.90. The lowest BCUT2D eigenvalue weighted by Crippen LogP contribution is -2.47. The number of hydrogen-bond acceptors (Lipinski definition) is 4. The normalized spacial score (nSPS) is 15.3. The van der Waals surface area contributed by atoms with Gasteiger partial charge < -0.3 is 15.0 Å². The van der Waals surface area contributed by atoms with E-state index in [4.69, 9.17) is 4.74 Å². The lowest BCUT2D eigenvalue weighted by molar-refractivity contribution is 0.0473. The van der Waals surface area contributed by atoms with Crippen LogP contribution in [0.25, 0.3) is 5.69 Å². The topological polar surface area (TPSA) is 76.5 Å². The van der Waals surface area contributed by atoms with Gasteiger partial charge in [-0.3, -0.25) is 4.79 Å². The van der Waals surface area contributed by atoms with E-state index in [1.807, 2.05) is 62.1 Å². The van der Waals surface area contributed by atoms with Gasteiger partial charge in [0.05, 0.1) is 11.4 Å². The standard InChI is InChI=1S/C23H32N4O3/c1-16(2)19-15-20(27(25-19)18-9-7-6-8-10-18)21(28)26-13-11-17(12-14-26)24-22(29)30-23(3,4)5/h6-10,15-17H,11-14H2,1-5H3,(H,24,29). The summed E-state index contributed by atoms with van der Waals surface area (Å²) in [6.07, 6.45) is 0.985. The van der Waals surface area contributed by atoms with Gasteiger partial charge in [-0.1, -0.05) is 32.0 Å². The average molecular weight is 413 g/mol. The molecule has 1 aliphatic heterocycles. The summed E-state index contributed by atoms with van der Waals surface area (Å²) in [6, 6.07) is 11.6. The van der Waals surface area contributed by atoms with Gasteiger partial charge >= 0.3 is 6.09 Å².